The molecule has 1 aliphatic heterocycles. The van der Waals surface area contributed by atoms with Crippen LogP contribution in [0.4, 0.5) is 5.13 Å². The Morgan fingerprint density at radius 1 is 1.31 bits per heavy atom. The third kappa shape index (κ3) is 4.00. The zero-order valence-electron chi connectivity index (χ0n) is 15.8. The number of aromatic nitrogens is 2. The van der Waals surface area contributed by atoms with Gasteiger partial charge in [-0.15, -0.1) is 11.3 Å². The molecule has 0 saturated carbocycles. The topological polar surface area (TPSA) is 104 Å². The van der Waals surface area contributed by atoms with Crippen LogP contribution in [0.15, 0.2) is 35.8 Å². The fraction of sp³-hybridized carbons (Fsp3) is 0.300. The van der Waals surface area contributed by atoms with Crippen molar-refractivity contribution in [3.05, 3.63) is 47.1 Å². The van der Waals surface area contributed by atoms with Crippen molar-refractivity contribution in [2.45, 2.75) is 13.3 Å². The summed E-state index contributed by atoms with van der Waals surface area (Å²) >= 11 is 1.26. The van der Waals surface area contributed by atoms with Crippen molar-refractivity contribution in [3.8, 4) is 0 Å². The fourth-order valence-corrected chi connectivity index (χ4v) is 3.96. The maximum absolute atomic E-state index is 12.7. The lowest BCUT2D eigenvalue weighted by Crippen LogP contribution is -2.54. The number of esters is 1. The van der Waals surface area contributed by atoms with Crippen molar-refractivity contribution >= 4 is 45.2 Å². The summed E-state index contributed by atoms with van der Waals surface area (Å²) in [5.74, 6) is -0.884. The number of nitrogens with zero attached hydrogens (tertiary/aromatic N) is 2. The van der Waals surface area contributed by atoms with Crippen LogP contribution in [-0.4, -0.2) is 52.3 Å². The number of hydrogen-bond donors (Lipinski definition) is 2. The second-order valence-electron chi connectivity index (χ2n) is 6.77. The zero-order chi connectivity index (χ0) is 20.4. The van der Waals surface area contributed by atoms with Gasteiger partial charge < -0.3 is 19.9 Å². The van der Waals surface area contributed by atoms with E-state index < -0.39 is 0 Å². The number of thiazole rings is 1. The van der Waals surface area contributed by atoms with Crippen molar-refractivity contribution in [3.63, 3.8) is 0 Å². The van der Waals surface area contributed by atoms with E-state index in [0.29, 0.717) is 36.1 Å². The lowest BCUT2D eigenvalue weighted by atomic mass is 9.98. The number of nitrogens with one attached hydrogen (secondary N) is 2. The molecule has 2 N–H and O–H groups in total. The van der Waals surface area contributed by atoms with Crippen LogP contribution in [-0.2, 0) is 20.7 Å². The lowest BCUT2D eigenvalue weighted by Gasteiger charge is -2.37. The summed E-state index contributed by atoms with van der Waals surface area (Å²) < 4.78 is 4.89. The second-order valence-corrected chi connectivity index (χ2v) is 7.63. The molecule has 2 amide bonds. The van der Waals surface area contributed by atoms with Gasteiger partial charge in [0, 0.05) is 35.6 Å². The van der Waals surface area contributed by atoms with E-state index in [0.717, 1.165) is 10.9 Å². The molecule has 9 heteroatoms. The van der Waals surface area contributed by atoms with Crippen LogP contribution >= 0.6 is 11.3 Å². The largest absolute Gasteiger partial charge is 0.466 e. The normalized spacial score (nSPS) is 13.9. The summed E-state index contributed by atoms with van der Waals surface area (Å²) in [6, 6.07) is 7.62. The highest BCUT2D eigenvalue weighted by Gasteiger charge is 2.37. The van der Waals surface area contributed by atoms with Gasteiger partial charge in [0.1, 0.15) is 0 Å². The first kappa shape index (κ1) is 19.1. The van der Waals surface area contributed by atoms with Crippen molar-refractivity contribution in [1.82, 2.24) is 14.9 Å². The van der Waals surface area contributed by atoms with Gasteiger partial charge in [-0.25, -0.2) is 4.98 Å². The number of amides is 2. The van der Waals surface area contributed by atoms with E-state index in [2.05, 4.69) is 15.3 Å². The summed E-state index contributed by atoms with van der Waals surface area (Å²) in [6.07, 6.45) is 1.79. The van der Waals surface area contributed by atoms with Crippen LogP contribution < -0.4 is 5.32 Å². The maximum atomic E-state index is 12.7. The van der Waals surface area contributed by atoms with Gasteiger partial charge in [0.05, 0.1) is 30.2 Å². The molecule has 1 aliphatic rings. The molecule has 150 valence electrons. The van der Waals surface area contributed by atoms with E-state index in [9.17, 15) is 14.4 Å². The molecule has 0 bridgehead atoms. The van der Waals surface area contributed by atoms with Crippen molar-refractivity contribution in [1.29, 1.82) is 0 Å². The molecular weight excluding hydrogens is 392 g/mol. The van der Waals surface area contributed by atoms with Crippen LogP contribution in [0, 0.1) is 5.92 Å². The number of H-pyrrole nitrogens is 1. The molecule has 3 aromatic rings. The first-order valence-electron chi connectivity index (χ1n) is 9.31. The van der Waals surface area contributed by atoms with Crippen molar-refractivity contribution < 1.29 is 19.1 Å². The Balaban J connectivity index is 1.31. The fourth-order valence-electron chi connectivity index (χ4n) is 3.24. The molecule has 0 atom stereocenters. The Kier molecular flexibility index (Phi) is 5.30. The highest BCUT2D eigenvalue weighted by Crippen LogP contribution is 2.25. The average molecular weight is 412 g/mol. The van der Waals surface area contributed by atoms with Gasteiger partial charge in [0.15, 0.2) is 5.13 Å². The number of carbonyl (C=O) groups excluding carboxylic acids is 3. The standard InChI is InChI=1S/C20H20N4O4S/c1-2-28-17(25)7-13-11-29-20(22-13)23-18(26)12-9-24(10-12)19(27)15-8-21-16-6-4-3-5-14(15)16/h3-6,8,11-12,21H,2,7,9-10H2,1H3,(H,22,23,26). The molecule has 0 aliphatic carbocycles. The average Bonchev–Trinajstić information content (AvgIpc) is 3.27. The Morgan fingerprint density at radius 2 is 2.10 bits per heavy atom. The minimum absolute atomic E-state index is 0.0799. The number of rotatable bonds is 6. The van der Waals surface area contributed by atoms with E-state index in [4.69, 9.17) is 4.74 Å². The van der Waals surface area contributed by atoms with E-state index in [-0.39, 0.29) is 30.1 Å². The first-order valence-corrected chi connectivity index (χ1v) is 10.2. The Morgan fingerprint density at radius 3 is 2.90 bits per heavy atom. The highest BCUT2D eigenvalue weighted by molar-refractivity contribution is 7.13. The zero-order valence-corrected chi connectivity index (χ0v) is 16.6. The molecule has 4 rings (SSSR count). The molecule has 2 aromatic heterocycles. The van der Waals surface area contributed by atoms with Crippen LogP contribution in [0.25, 0.3) is 10.9 Å². The predicted octanol–water partition coefficient (Wildman–Crippen LogP) is 2.44. The van der Waals surface area contributed by atoms with Gasteiger partial charge in [-0.05, 0) is 13.0 Å². The quantitative estimate of drug-likeness (QED) is 0.605. The maximum Gasteiger partial charge on any atom is 0.311 e. The second kappa shape index (κ2) is 8.04. The number of ether oxygens (including phenoxy) is 1. The summed E-state index contributed by atoms with van der Waals surface area (Å²) in [4.78, 5) is 45.6. The third-order valence-corrected chi connectivity index (χ3v) is 5.58. The lowest BCUT2D eigenvalue weighted by molar-refractivity contribution is -0.142. The Hall–Kier alpha value is -3.20. The molecular formula is C20H20N4O4S. The highest BCUT2D eigenvalue weighted by atomic mass is 32.1. The van der Waals surface area contributed by atoms with Crippen LogP contribution in [0.1, 0.15) is 23.0 Å². The van der Waals surface area contributed by atoms with Gasteiger partial charge in [-0.3, -0.25) is 14.4 Å². The van der Waals surface area contributed by atoms with Gasteiger partial charge >= 0.3 is 5.97 Å². The smallest absolute Gasteiger partial charge is 0.311 e. The Labute approximate surface area is 170 Å². The number of aromatic amines is 1. The molecule has 1 fully saturated rings. The summed E-state index contributed by atoms with van der Waals surface area (Å²) in [6.45, 7) is 2.80. The number of likely N-dealkylation sites (tertiary alicyclic amines) is 1. The SMILES string of the molecule is CCOC(=O)Cc1csc(NC(=O)C2CN(C(=O)c3c[nH]c4ccccc34)C2)n1. The van der Waals surface area contributed by atoms with E-state index >= 15 is 0 Å². The monoisotopic (exact) mass is 412 g/mol. The van der Waals surface area contributed by atoms with E-state index in [1.165, 1.54) is 11.3 Å². The van der Waals surface area contributed by atoms with Crippen molar-refractivity contribution in [2.75, 3.05) is 25.0 Å². The van der Waals surface area contributed by atoms with Gasteiger partial charge in [0.2, 0.25) is 5.91 Å². The molecule has 1 saturated heterocycles. The molecule has 3 heterocycles. The number of carbonyl (C=O) groups is 3. The van der Waals surface area contributed by atoms with E-state index in [1.54, 1.807) is 23.4 Å². The van der Waals surface area contributed by atoms with Gasteiger partial charge in [-0.1, -0.05) is 18.2 Å². The molecule has 0 unspecified atom stereocenters. The molecule has 1 aromatic carbocycles. The number of hydrogen-bond acceptors (Lipinski definition) is 6. The summed E-state index contributed by atoms with van der Waals surface area (Å²) in [5.41, 5.74) is 2.09. The van der Waals surface area contributed by atoms with Crippen LogP contribution in [0.2, 0.25) is 0 Å². The minimum atomic E-state index is -0.346. The summed E-state index contributed by atoms with van der Waals surface area (Å²) in [5, 5.41) is 5.81. The van der Waals surface area contributed by atoms with Crippen LogP contribution in [0.5, 0.6) is 0 Å². The molecule has 29 heavy (non-hydrogen) atoms. The number of benzene rings is 1. The summed E-state index contributed by atoms with van der Waals surface area (Å²) in [7, 11) is 0. The first-order chi connectivity index (χ1) is 14.0. The van der Waals surface area contributed by atoms with Gasteiger partial charge in [-0.2, -0.15) is 0 Å². The minimum Gasteiger partial charge on any atom is -0.466 e. The Bertz CT molecular complexity index is 1070. The third-order valence-electron chi connectivity index (χ3n) is 4.77. The number of para-hydroxylation sites is 1. The van der Waals surface area contributed by atoms with Crippen LogP contribution in [0.3, 0.4) is 0 Å². The molecule has 8 nitrogen and oxygen atoms in total. The number of fused-ring (bicyclic) bond motifs is 1. The number of anilines is 1. The molecule has 0 spiro atoms. The predicted molar refractivity (Wildman–Crippen MR) is 109 cm³/mol. The van der Waals surface area contributed by atoms with Crippen molar-refractivity contribution in [2.24, 2.45) is 5.92 Å². The van der Waals surface area contributed by atoms with Gasteiger partial charge in [0.25, 0.3) is 5.91 Å². The molecule has 0 radical (unpaired) electrons. The van der Waals surface area contributed by atoms with E-state index in [1.807, 2.05) is 24.3 Å².